The number of para-hydroxylation sites is 2. The molecule has 5 rings (SSSR count). The number of sulfone groups is 1. The van der Waals surface area contributed by atoms with Gasteiger partial charge in [0.1, 0.15) is 5.75 Å². The Morgan fingerprint density at radius 2 is 1.60 bits per heavy atom. The first-order chi connectivity index (χ1) is 16.9. The second-order valence-electron chi connectivity index (χ2n) is 8.65. The van der Waals surface area contributed by atoms with E-state index in [9.17, 15) is 8.42 Å². The summed E-state index contributed by atoms with van der Waals surface area (Å²) in [5.41, 5.74) is 3.75. The molecule has 0 spiro atoms. The molecule has 0 bridgehead atoms. The predicted octanol–water partition coefficient (Wildman–Crippen LogP) is 4.78. The van der Waals surface area contributed by atoms with Gasteiger partial charge in [0.05, 0.1) is 28.8 Å². The molecule has 6 nitrogen and oxygen atoms in total. The number of fused-ring (bicyclic) bond motifs is 1. The molecule has 180 valence electrons. The fraction of sp³-hybridized carbons (Fsp3) is 0.222. The van der Waals surface area contributed by atoms with Crippen LogP contribution in [-0.2, 0) is 9.84 Å². The van der Waals surface area contributed by atoms with Gasteiger partial charge < -0.3 is 14.5 Å². The minimum atomic E-state index is -3.78. The monoisotopic (exact) mass is 508 g/mol. The highest BCUT2D eigenvalue weighted by Crippen LogP contribution is 2.37. The summed E-state index contributed by atoms with van der Waals surface area (Å²) < 4.78 is 33.1. The third kappa shape index (κ3) is 4.42. The quantitative estimate of drug-likeness (QED) is 0.388. The van der Waals surface area contributed by atoms with Gasteiger partial charge in [0.2, 0.25) is 15.4 Å². The van der Waals surface area contributed by atoms with Crippen molar-refractivity contribution in [2.75, 3.05) is 43.1 Å². The van der Waals surface area contributed by atoms with E-state index in [0.29, 0.717) is 18.1 Å². The van der Waals surface area contributed by atoms with Crippen LogP contribution in [-0.4, -0.2) is 41.7 Å². The number of aromatic nitrogens is 1. The Bertz CT molecular complexity index is 1480. The number of pyridine rings is 1. The first-order valence-corrected chi connectivity index (χ1v) is 13.3. The van der Waals surface area contributed by atoms with Gasteiger partial charge in [0.25, 0.3) is 0 Å². The molecule has 0 saturated carbocycles. The van der Waals surface area contributed by atoms with Gasteiger partial charge in [0.15, 0.2) is 11.1 Å². The molecule has 0 aliphatic carbocycles. The normalized spacial score (nSPS) is 14.4. The molecule has 1 fully saturated rings. The van der Waals surface area contributed by atoms with Gasteiger partial charge in [-0.2, -0.15) is 0 Å². The topological polar surface area (TPSA) is 64.0 Å². The van der Waals surface area contributed by atoms with Gasteiger partial charge in [0, 0.05) is 37.3 Å². The van der Waals surface area contributed by atoms with Crippen molar-refractivity contribution in [3.05, 3.63) is 83.5 Å². The van der Waals surface area contributed by atoms with E-state index in [1.165, 1.54) is 0 Å². The van der Waals surface area contributed by atoms with Crippen LogP contribution in [0.5, 0.6) is 5.75 Å². The number of aromatic amines is 1. The summed E-state index contributed by atoms with van der Waals surface area (Å²) in [7, 11) is -2.10. The smallest absolute Gasteiger partial charge is 0.214 e. The molecular weight excluding hydrogens is 482 g/mol. The zero-order chi connectivity index (χ0) is 24.6. The number of benzene rings is 3. The van der Waals surface area contributed by atoms with Gasteiger partial charge in [-0.15, -0.1) is 0 Å². The molecule has 1 saturated heterocycles. The zero-order valence-electron chi connectivity index (χ0n) is 19.7. The van der Waals surface area contributed by atoms with Gasteiger partial charge >= 0.3 is 0 Å². The standard InChI is InChI=1S/C27H26ClN3O3S/c1-19-7-12-23-22(17-19)27(26(18-29-23)35(32,33)21-10-8-20(28)9-11-21)31-15-13-30(14-16-31)24-5-3-4-6-25(24)34-2/h3-12,17-18H,13-16H2,1-2H3/p+1. The number of methoxy groups -OCH3 is 1. The molecule has 1 aliphatic heterocycles. The molecule has 1 aromatic heterocycles. The fourth-order valence-electron chi connectivity index (χ4n) is 4.66. The van der Waals surface area contributed by atoms with Gasteiger partial charge in [-0.05, 0) is 55.0 Å². The lowest BCUT2D eigenvalue weighted by Crippen LogP contribution is -2.47. The third-order valence-electron chi connectivity index (χ3n) is 6.46. The molecule has 0 amide bonds. The number of aryl methyl sites for hydroxylation is 1. The minimum absolute atomic E-state index is 0.219. The van der Waals surface area contributed by atoms with E-state index in [0.717, 1.165) is 46.7 Å². The van der Waals surface area contributed by atoms with Crippen LogP contribution in [0.1, 0.15) is 5.56 Å². The average molecular weight is 509 g/mol. The van der Waals surface area contributed by atoms with Crippen molar-refractivity contribution in [2.45, 2.75) is 16.7 Å². The number of ether oxygens (including phenoxy) is 1. The maximum Gasteiger partial charge on any atom is 0.214 e. The Balaban J connectivity index is 1.57. The zero-order valence-corrected chi connectivity index (χ0v) is 21.2. The van der Waals surface area contributed by atoms with Crippen LogP contribution in [0.15, 0.2) is 82.7 Å². The summed E-state index contributed by atoms with van der Waals surface area (Å²) in [5.74, 6) is 0.836. The molecule has 35 heavy (non-hydrogen) atoms. The maximum absolute atomic E-state index is 13.8. The SMILES string of the molecule is COc1ccccc1N1CCN(c2c(S(=O)(=O)c3ccc(Cl)cc3)c[nH+]c3ccc(C)cc23)CC1. The number of anilines is 2. The number of hydrogen-bond donors (Lipinski definition) is 0. The lowest BCUT2D eigenvalue weighted by atomic mass is 10.1. The van der Waals surface area contributed by atoms with Crippen LogP contribution in [0.2, 0.25) is 5.02 Å². The first-order valence-electron chi connectivity index (χ1n) is 11.5. The molecule has 0 unspecified atom stereocenters. The van der Waals surface area contributed by atoms with E-state index in [-0.39, 0.29) is 9.79 Å². The van der Waals surface area contributed by atoms with Crippen LogP contribution in [0.3, 0.4) is 0 Å². The van der Waals surface area contributed by atoms with E-state index in [2.05, 4.69) is 26.9 Å². The number of halogens is 1. The largest absolute Gasteiger partial charge is 0.495 e. The lowest BCUT2D eigenvalue weighted by molar-refractivity contribution is -0.347. The lowest BCUT2D eigenvalue weighted by Gasteiger charge is -2.38. The fourth-order valence-corrected chi connectivity index (χ4v) is 6.24. The molecule has 4 aromatic rings. The second-order valence-corrected chi connectivity index (χ2v) is 11.0. The van der Waals surface area contributed by atoms with Crippen molar-refractivity contribution in [1.29, 1.82) is 0 Å². The Morgan fingerprint density at radius 1 is 0.914 bits per heavy atom. The Morgan fingerprint density at radius 3 is 2.31 bits per heavy atom. The number of nitrogens with zero attached hydrogens (tertiary/aromatic N) is 2. The van der Waals surface area contributed by atoms with E-state index in [1.807, 2.05) is 37.3 Å². The van der Waals surface area contributed by atoms with Crippen molar-refractivity contribution in [1.82, 2.24) is 0 Å². The second kappa shape index (κ2) is 9.40. The van der Waals surface area contributed by atoms with Crippen LogP contribution >= 0.6 is 11.6 Å². The highest BCUT2D eigenvalue weighted by atomic mass is 35.5. The molecule has 1 N–H and O–H groups in total. The van der Waals surface area contributed by atoms with Crippen molar-refractivity contribution in [2.24, 2.45) is 0 Å². The minimum Gasteiger partial charge on any atom is -0.495 e. The van der Waals surface area contributed by atoms with Crippen molar-refractivity contribution in [3.8, 4) is 5.75 Å². The summed E-state index contributed by atoms with van der Waals surface area (Å²) in [6, 6.07) is 20.4. The number of hydrogen-bond acceptors (Lipinski definition) is 5. The molecule has 0 atom stereocenters. The average Bonchev–Trinajstić information content (AvgIpc) is 2.88. The first kappa shape index (κ1) is 23.5. The maximum atomic E-state index is 13.8. The van der Waals surface area contributed by atoms with Crippen molar-refractivity contribution in [3.63, 3.8) is 0 Å². The number of nitrogens with one attached hydrogen (secondary N) is 1. The van der Waals surface area contributed by atoms with Gasteiger partial charge in [-0.25, -0.2) is 13.4 Å². The van der Waals surface area contributed by atoms with E-state index in [1.54, 1.807) is 37.6 Å². The van der Waals surface area contributed by atoms with E-state index < -0.39 is 9.84 Å². The van der Waals surface area contributed by atoms with Crippen molar-refractivity contribution >= 4 is 43.7 Å². The third-order valence-corrected chi connectivity index (χ3v) is 8.49. The number of piperazine rings is 1. The van der Waals surface area contributed by atoms with Crippen LogP contribution in [0.25, 0.3) is 10.9 Å². The molecular formula is C27H27ClN3O3S+. The molecule has 1 aliphatic rings. The van der Waals surface area contributed by atoms with Crippen molar-refractivity contribution < 1.29 is 18.1 Å². The summed E-state index contributed by atoms with van der Waals surface area (Å²) >= 11 is 6.02. The Kier molecular flexibility index (Phi) is 6.30. The Hall–Kier alpha value is -3.29. The van der Waals surface area contributed by atoms with Crippen LogP contribution in [0, 0.1) is 6.92 Å². The molecule has 0 radical (unpaired) electrons. The highest BCUT2D eigenvalue weighted by molar-refractivity contribution is 7.91. The summed E-state index contributed by atoms with van der Waals surface area (Å²) in [4.78, 5) is 8.16. The summed E-state index contributed by atoms with van der Waals surface area (Å²) in [5, 5.41) is 1.39. The van der Waals surface area contributed by atoms with Gasteiger partial charge in [-0.3, -0.25) is 0 Å². The molecule has 8 heteroatoms. The number of H-pyrrole nitrogens is 1. The predicted molar refractivity (Wildman–Crippen MR) is 140 cm³/mol. The number of rotatable bonds is 5. The highest BCUT2D eigenvalue weighted by Gasteiger charge is 2.31. The van der Waals surface area contributed by atoms with E-state index in [4.69, 9.17) is 16.3 Å². The molecule has 3 aromatic carbocycles. The molecule has 2 heterocycles. The Labute approximate surface area is 210 Å². The van der Waals surface area contributed by atoms with E-state index >= 15 is 0 Å². The summed E-state index contributed by atoms with van der Waals surface area (Å²) in [6.45, 7) is 4.85. The van der Waals surface area contributed by atoms with Crippen LogP contribution in [0.4, 0.5) is 11.4 Å². The van der Waals surface area contributed by atoms with Gasteiger partial charge in [-0.1, -0.05) is 29.8 Å². The summed E-state index contributed by atoms with van der Waals surface area (Å²) in [6.07, 6.45) is 1.61. The van der Waals surface area contributed by atoms with Crippen LogP contribution < -0.4 is 19.5 Å².